The van der Waals surface area contributed by atoms with Gasteiger partial charge in [-0.15, -0.1) is 11.3 Å². The molecule has 3 rings (SSSR count). The van der Waals surface area contributed by atoms with Crippen LogP contribution in [0, 0.1) is 0 Å². The molecule has 0 saturated carbocycles. The van der Waals surface area contributed by atoms with Crippen LogP contribution in [0.3, 0.4) is 0 Å². The van der Waals surface area contributed by atoms with E-state index in [0.29, 0.717) is 24.5 Å². The second-order valence-corrected chi connectivity index (χ2v) is 6.09. The summed E-state index contributed by atoms with van der Waals surface area (Å²) in [5, 5.41) is 2.44. The molecule has 0 unspecified atom stereocenters. The quantitative estimate of drug-likeness (QED) is 0.790. The van der Waals surface area contributed by atoms with E-state index in [2.05, 4.69) is 20.7 Å². The first-order valence-electron chi connectivity index (χ1n) is 7.70. The molecule has 25 heavy (non-hydrogen) atoms. The fourth-order valence-corrected chi connectivity index (χ4v) is 3.14. The molecule has 1 saturated heterocycles. The number of methoxy groups -OCH3 is 1. The summed E-state index contributed by atoms with van der Waals surface area (Å²) in [7, 11) is 1.52. The lowest BCUT2D eigenvalue weighted by molar-refractivity contribution is 0.0844. The fraction of sp³-hybridized carbons (Fsp3) is 0.312. The van der Waals surface area contributed by atoms with Gasteiger partial charge in [-0.1, -0.05) is 6.07 Å². The first-order valence-corrected chi connectivity index (χ1v) is 8.58. The van der Waals surface area contributed by atoms with Gasteiger partial charge in [0.05, 0.1) is 20.3 Å². The summed E-state index contributed by atoms with van der Waals surface area (Å²) in [6.07, 6.45) is 0. The van der Waals surface area contributed by atoms with Crippen LogP contribution in [0.2, 0.25) is 0 Å². The van der Waals surface area contributed by atoms with Gasteiger partial charge >= 0.3 is 0 Å². The van der Waals surface area contributed by atoms with Gasteiger partial charge < -0.3 is 14.4 Å². The zero-order chi connectivity index (χ0) is 17.6. The van der Waals surface area contributed by atoms with E-state index in [4.69, 9.17) is 9.47 Å². The number of hydrazine groups is 1. The van der Waals surface area contributed by atoms with Crippen LogP contribution < -0.4 is 20.5 Å². The standard InChI is InChI=1S/C16H18N4O4S/c1-23-12-4-2-3-11(9-12)14(21)18-19-15(22)13-10-25-16(17-13)20-5-7-24-8-6-20/h2-4,9-10H,5-8H2,1H3,(H,18,21)(H,19,22). The number of anilines is 1. The van der Waals surface area contributed by atoms with E-state index in [9.17, 15) is 9.59 Å². The van der Waals surface area contributed by atoms with Crippen molar-refractivity contribution in [3.05, 3.63) is 40.9 Å². The van der Waals surface area contributed by atoms with Crippen LogP contribution in [0.5, 0.6) is 5.75 Å². The highest BCUT2D eigenvalue weighted by Gasteiger charge is 2.18. The summed E-state index contributed by atoms with van der Waals surface area (Å²) in [6.45, 7) is 2.80. The summed E-state index contributed by atoms with van der Waals surface area (Å²) in [4.78, 5) is 30.6. The predicted octanol–water partition coefficient (Wildman–Crippen LogP) is 1.06. The highest BCUT2D eigenvalue weighted by Crippen LogP contribution is 2.21. The molecule has 1 aromatic carbocycles. The highest BCUT2D eigenvalue weighted by molar-refractivity contribution is 7.13. The molecular weight excluding hydrogens is 344 g/mol. The maximum absolute atomic E-state index is 12.2. The minimum atomic E-state index is -0.466. The predicted molar refractivity (Wildman–Crippen MR) is 93.1 cm³/mol. The summed E-state index contributed by atoms with van der Waals surface area (Å²) in [6, 6.07) is 6.65. The van der Waals surface area contributed by atoms with Gasteiger partial charge in [0.1, 0.15) is 11.4 Å². The van der Waals surface area contributed by atoms with Crippen LogP contribution in [0.15, 0.2) is 29.6 Å². The molecule has 0 spiro atoms. The Morgan fingerprint density at radius 2 is 2.00 bits per heavy atom. The number of benzene rings is 1. The number of thiazole rings is 1. The largest absolute Gasteiger partial charge is 0.497 e. The molecule has 9 heteroatoms. The monoisotopic (exact) mass is 362 g/mol. The van der Waals surface area contributed by atoms with Gasteiger partial charge in [0, 0.05) is 24.0 Å². The molecule has 2 amide bonds. The molecule has 132 valence electrons. The third kappa shape index (κ3) is 4.25. The van der Waals surface area contributed by atoms with Crippen molar-refractivity contribution >= 4 is 28.3 Å². The van der Waals surface area contributed by atoms with Crippen LogP contribution in [0.25, 0.3) is 0 Å². The van der Waals surface area contributed by atoms with E-state index >= 15 is 0 Å². The number of carbonyl (C=O) groups is 2. The Balaban J connectivity index is 1.57. The molecule has 2 N–H and O–H groups in total. The van der Waals surface area contributed by atoms with E-state index in [1.165, 1.54) is 18.4 Å². The van der Waals surface area contributed by atoms with Crippen molar-refractivity contribution in [3.63, 3.8) is 0 Å². The average Bonchev–Trinajstić information content (AvgIpc) is 3.17. The van der Waals surface area contributed by atoms with Crippen LogP contribution >= 0.6 is 11.3 Å². The molecule has 1 aromatic heterocycles. The second kappa shape index (κ2) is 7.95. The SMILES string of the molecule is COc1cccc(C(=O)NNC(=O)c2csc(N3CCOCC3)n2)c1. The van der Waals surface area contributed by atoms with E-state index in [0.717, 1.165) is 18.2 Å². The van der Waals surface area contributed by atoms with Gasteiger partial charge in [0.25, 0.3) is 11.8 Å². The summed E-state index contributed by atoms with van der Waals surface area (Å²) < 4.78 is 10.4. The third-order valence-corrected chi connectivity index (χ3v) is 4.53. The summed E-state index contributed by atoms with van der Waals surface area (Å²) in [5.41, 5.74) is 5.39. The Bertz CT molecular complexity index is 758. The van der Waals surface area contributed by atoms with Gasteiger partial charge in [-0.05, 0) is 18.2 Å². The zero-order valence-electron chi connectivity index (χ0n) is 13.7. The maximum atomic E-state index is 12.2. The van der Waals surface area contributed by atoms with Crippen molar-refractivity contribution in [1.29, 1.82) is 0 Å². The Morgan fingerprint density at radius 3 is 2.76 bits per heavy atom. The normalized spacial score (nSPS) is 14.0. The number of carbonyl (C=O) groups excluding carboxylic acids is 2. The lowest BCUT2D eigenvalue weighted by Crippen LogP contribution is -2.41. The lowest BCUT2D eigenvalue weighted by atomic mass is 10.2. The number of nitrogens with zero attached hydrogens (tertiary/aromatic N) is 2. The van der Waals surface area contributed by atoms with Crippen LogP contribution in [-0.2, 0) is 4.74 Å². The van der Waals surface area contributed by atoms with E-state index in [1.54, 1.807) is 29.6 Å². The number of hydrogen-bond acceptors (Lipinski definition) is 7. The molecular formula is C16H18N4O4S. The molecule has 0 atom stereocenters. The van der Waals surface area contributed by atoms with Crippen LogP contribution in [-0.4, -0.2) is 50.2 Å². The number of aromatic nitrogens is 1. The van der Waals surface area contributed by atoms with Crippen molar-refractivity contribution in [3.8, 4) is 5.75 Å². The Labute approximate surface area is 148 Å². The molecule has 0 radical (unpaired) electrons. The third-order valence-electron chi connectivity index (χ3n) is 3.63. The van der Waals surface area contributed by atoms with Gasteiger partial charge in [0.2, 0.25) is 0 Å². The zero-order valence-corrected chi connectivity index (χ0v) is 14.5. The van der Waals surface area contributed by atoms with Crippen molar-refractivity contribution in [2.45, 2.75) is 0 Å². The van der Waals surface area contributed by atoms with Gasteiger partial charge in [-0.3, -0.25) is 20.4 Å². The average molecular weight is 362 g/mol. The molecule has 0 aliphatic carbocycles. The van der Waals surface area contributed by atoms with Crippen molar-refractivity contribution in [2.75, 3.05) is 38.3 Å². The Kier molecular flexibility index (Phi) is 5.46. The molecule has 1 aliphatic rings. The Morgan fingerprint density at radius 1 is 1.24 bits per heavy atom. The highest BCUT2D eigenvalue weighted by atomic mass is 32.1. The van der Waals surface area contributed by atoms with Gasteiger partial charge in [-0.2, -0.15) is 0 Å². The van der Waals surface area contributed by atoms with E-state index in [1.807, 2.05) is 0 Å². The molecule has 1 aliphatic heterocycles. The van der Waals surface area contributed by atoms with E-state index < -0.39 is 11.8 Å². The molecule has 0 bridgehead atoms. The molecule has 1 fully saturated rings. The topological polar surface area (TPSA) is 92.8 Å². The smallest absolute Gasteiger partial charge is 0.289 e. The minimum Gasteiger partial charge on any atom is -0.497 e. The molecule has 2 heterocycles. The number of amides is 2. The summed E-state index contributed by atoms with van der Waals surface area (Å²) >= 11 is 1.39. The van der Waals surface area contributed by atoms with Crippen molar-refractivity contribution < 1.29 is 19.1 Å². The number of nitrogens with one attached hydrogen (secondary N) is 2. The van der Waals surface area contributed by atoms with Crippen molar-refractivity contribution in [1.82, 2.24) is 15.8 Å². The second-order valence-electron chi connectivity index (χ2n) is 5.25. The number of rotatable bonds is 4. The van der Waals surface area contributed by atoms with Crippen LogP contribution in [0.4, 0.5) is 5.13 Å². The molecule has 2 aromatic rings. The first-order chi connectivity index (χ1) is 12.2. The van der Waals surface area contributed by atoms with Gasteiger partial charge in [-0.25, -0.2) is 4.98 Å². The first kappa shape index (κ1) is 17.2. The Hall–Kier alpha value is -2.65. The van der Waals surface area contributed by atoms with Gasteiger partial charge in [0.15, 0.2) is 5.13 Å². The molecule has 8 nitrogen and oxygen atoms in total. The summed E-state index contributed by atoms with van der Waals surface area (Å²) in [5.74, 6) is -0.337. The van der Waals surface area contributed by atoms with Crippen molar-refractivity contribution in [2.24, 2.45) is 0 Å². The number of morpholine rings is 1. The lowest BCUT2D eigenvalue weighted by Gasteiger charge is -2.25. The fourth-order valence-electron chi connectivity index (χ4n) is 2.28. The van der Waals surface area contributed by atoms with E-state index in [-0.39, 0.29) is 5.69 Å². The van der Waals surface area contributed by atoms with Crippen LogP contribution in [0.1, 0.15) is 20.8 Å². The minimum absolute atomic E-state index is 0.262. The number of hydrogen-bond donors (Lipinski definition) is 2. The maximum Gasteiger partial charge on any atom is 0.289 e. The number of ether oxygens (including phenoxy) is 2.